The molecular weight excluding hydrogens is 400 g/mol. The summed E-state index contributed by atoms with van der Waals surface area (Å²) >= 11 is 0. The average molecular weight is 431 g/mol. The first-order valence-electron chi connectivity index (χ1n) is 11.5. The molecule has 32 heavy (non-hydrogen) atoms. The van der Waals surface area contributed by atoms with Gasteiger partial charge >= 0.3 is 0 Å². The lowest BCUT2D eigenvalue weighted by atomic mass is 10.0. The average Bonchev–Trinajstić information content (AvgIpc) is 3.57. The Morgan fingerprint density at radius 2 is 1.50 bits per heavy atom. The lowest BCUT2D eigenvalue weighted by Crippen LogP contribution is -2.50. The summed E-state index contributed by atoms with van der Waals surface area (Å²) in [5.74, 6) is 0.279. The van der Waals surface area contributed by atoms with Crippen LogP contribution in [0.25, 0.3) is 22.2 Å². The van der Waals surface area contributed by atoms with Crippen molar-refractivity contribution in [1.29, 1.82) is 0 Å². The van der Waals surface area contributed by atoms with Gasteiger partial charge in [-0.25, -0.2) is 0 Å². The molecule has 3 aromatic rings. The Bertz CT molecular complexity index is 1130. The molecule has 1 aliphatic carbocycles. The Kier molecular flexibility index (Phi) is 5.81. The molecular formula is C26H30N4O2. The fourth-order valence-corrected chi connectivity index (χ4v) is 4.70. The van der Waals surface area contributed by atoms with Crippen molar-refractivity contribution >= 4 is 22.6 Å². The van der Waals surface area contributed by atoms with Crippen LogP contribution in [-0.2, 0) is 11.8 Å². The Balaban J connectivity index is 1.31. The topological polar surface area (TPSA) is 57.6 Å². The normalized spacial score (nSPS) is 17.5. The van der Waals surface area contributed by atoms with E-state index >= 15 is 0 Å². The van der Waals surface area contributed by atoms with Gasteiger partial charge in [-0.05, 0) is 24.5 Å². The van der Waals surface area contributed by atoms with Gasteiger partial charge in [0.15, 0.2) is 5.78 Å². The molecule has 6 heteroatoms. The van der Waals surface area contributed by atoms with Crippen LogP contribution < -0.4 is 5.32 Å². The summed E-state index contributed by atoms with van der Waals surface area (Å²) in [7, 11) is 2.03. The molecule has 0 spiro atoms. The van der Waals surface area contributed by atoms with Crippen LogP contribution in [0.15, 0.2) is 54.6 Å². The van der Waals surface area contributed by atoms with E-state index in [1.807, 2.05) is 43.4 Å². The van der Waals surface area contributed by atoms with Crippen molar-refractivity contribution in [1.82, 2.24) is 19.7 Å². The first-order valence-corrected chi connectivity index (χ1v) is 11.5. The number of nitrogens with zero attached hydrogens (tertiary/aromatic N) is 3. The number of carbonyl (C=O) groups is 2. The van der Waals surface area contributed by atoms with E-state index in [1.165, 1.54) is 0 Å². The predicted octanol–water partition coefficient (Wildman–Crippen LogP) is 2.92. The van der Waals surface area contributed by atoms with E-state index in [0.717, 1.165) is 66.7 Å². The molecule has 1 amide bonds. The summed E-state index contributed by atoms with van der Waals surface area (Å²) < 4.78 is 2.13. The number of para-hydroxylation sites is 1. The van der Waals surface area contributed by atoms with Gasteiger partial charge in [0.1, 0.15) is 0 Å². The van der Waals surface area contributed by atoms with Gasteiger partial charge in [-0.1, -0.05) is 48.5 Å². The highest BCUT2D eigenvalue weighted by Crippen LogP contribution is 2.33. The van der Waals surface area contributed by atoms with Gasteiger partial charge in [0.05, 0.1) is 24.3 Å². The van der Waals surface area contributed by atoms with E-state index < -0.39 is 0 Å². The van der Waals surface area contributed by atoms with Crippen LogP contribution in [0.1, 0.15) is 23.2 Å². The lowest BCUT2D eigenvalue weighted by Gasteiger charge is -2.33. The number of aromatic nitrogens is 1. The number of aryl methyl sites for hydroxylation is 1. The second-order valence-corrected chi connectivity index (χ2v) is 8.98. The number of hydrogen-bond acceptors (Lipinski definition) is 4. The summed E-state index contributed by atoms with van der Waals surface area (Å²) in [4.78, 5) is 30.1. The van der Waals surface area contributed by atoms with Gasteiger partial charge in [-0.2, -0.15) is 0 Å². The van der Waals surface area contributed by atoms with E-state index in [2.05, 4.69) is 37.9 Å². The Morgan fingerprint density at radius 1 is 0.875 bits per heavy atom. The first kappa shape index (κ1) is 20.9. The molecule has 1 aliphatic heterocycles. The van der Waals surface area contributed by atoms with E-state index in [1.54, 1.807) is 0 Å². The number of nitrogens with one attached hydrogen (secondary N) is 1. The molecule has 0 bridgehead atoms. The number of benzene rings is 2. The minimum Gasteiger partial charge on any atom is -0.352 e. The van der Waals surface area contributed by atoms with Crippen LogP contribution in [-0.4, -0.2) is 71.4 Å². The zero-order chi connectivity index (χ0) is 22.1. The number of rotatable bonds is 7. The maximum Gasteiger partial charge on any atom is 0.234 e. The Labute approximate surface area is 188 Å². The van der Waals surface area contributed by atoms with Gasteiger partial charge < -0.3 is 9.88 Å². The summed E-state index contributed by atoms with van der Waals surface area (Å²) in [6.45, 7) is 4.08. The summed E-state index contributed by atoms with van der Waals surface area (Å²) in [6.07, 6.45) is 2.22. The highest BCUT2D eigenvalue weighted by Gasteiger charge is 2.27. The third-order valence-electron chi connectivity index (χ3n) is 6.57. The molecule has 1 N–H and O–H groups in total. The summed E-state index contributed by atoms with van der Waals surface area (Å²) in [6, 6.07) is 18.7. The summed E-state index contributed by atoms with van der Waals surface area (Å²) in [5.41, 5.74) is 3.91. The number of piperazine rings is 1. The number of carbonyl (C=O) groups excluding carboxylic acids is 2. The third-order valence-corrected chi connectivity index (χ3v) is 6.57. The second kappa shape index (κ2) is 8.88. The van der Waals surface area contributed by atoms with Crippen LogP contribution in [0.3, 0.4) is 0 Å². The lowest BCUT2D eigenvalue weighted by molar-refractivity contribution is -0.122. The highest BCUT2D eigenvalue weighted by molar-refractivity contribution is 6.14. The van der Waals surface area contributed by atoms with Crippen molar-refractivity contribution in [3.63, 3.8) is 0 Å². The van der Waals surface area contributed by atoms with Crippen molar-refractivity contribution in [3.8, 4) is 11.3 Å². The van der Waals surface area contributed by atoms with Gasteiger partial charge in [-0.3, -0.25) is 19.4 Å². The second-order valence-electron chi connectivity index (χ2n) is 8.98. The zero-order valence-corrected chi connectivity index (χ0v) is 18.6. The fraction of sp³-hybridized carbons (Fsp3) is 0.385. The fourth-order valence-electron chi connectivity index (χ4n) is 4.70. The molecule has 6 nitrogen and oxygen atoms in total. The van der Waals surface area contributed by atoms with Crippen molar-refractivity contribution in [2.24, 2.45) is 7.05 Å². The number of ketones is 1. The number of Topliss-reactive ketones (excluding diaryl/α,β-unsaturated/α-hetero) is 1. The third kappa shape index (κ3) is 4.33. The van der Waals surface area contributed by atoms with Gasteiger partial charge in [0.25, 0.3) is 0 Å². The van der Waals surface area contributed by atoms with Gasteiger partial charge in [0, 0.05) is 50.2 Å². The van der Waals surface area contributed by atoms with E-state index in [9.17, 15) is 9.59 Å². The molecule has 166 valence electrons. The van der Waals surface area contributed by atoms with Gasteiger partial charge in [0.2, 0.25) is 5.91 Å². The number of amides is 1. The van der Waals surface area contributed by atoms with E-state index in [0.29, 0.717) is 19.1 Å². The first-order chi connectivity index (χ1) is 15.6. The molecule has 2 aromatic carbocycles. The van der Waals surface area contributed by atoms with Crippen molar-refractivity contribution < 1.29 is 9.59 Å². The summed E-state index contributed by atoms with van der Waals surface area (Å²) in [5, 5.41) is 4.07. The molecule has 2 aliphatic rings. The maximum absolute atomic E-state index is 13.6. The SMILES string of the molecule is Cn1c(-c2ccccc2)c(C(=O)CN2CCN(CC(=O)NC3CC3)CC2)c2ccccc21. The van der Waals surface area contributed by atoms with Crippen molar-refractivity contribution in [3.05, 3.63) is 60.2 Å². The Morgan fingerprint density at radius 3 is 2.19 bits per heavy atom. The molecule has 0 atom stereocenters. The largest absolute Gasteiger partial charge is 0.352 e. The minimum atomic E-state index is 0.125. The quantitative estimate of drug-likeness (QED) is 0.586. The highest BCUT2D eigenvalue weighted by atomic mass is 16.2. The number of hydrogen-bond donors (Lipinski definition) is 1. The zero-order valence-electron chi connectivity index (χ0n) is 18.6. The monoisotopic (exact) mass is 430 g/mol. The standard InChI is InChI=1S/C26H30N4O2/c1-28-22-10-6-5-9-21(22)25(26(28)19-7-3-2-4-8-19)23(31)17-29-13-15-30(16-14-29)18-24(32)27-20-11-12-20/h2-10,20H,11-18H2,1H3,(H,27,32). The number of fused-ring (bicyclic) bond motifs is 1. The molecule has 0 unspecified atom stereocenters. The Hall–Kier alpha value is -2.96. The molecule has 1 saturated carbocycles. The van der Waals surface area contributed by atoms with Crippen LogP contribution in [0.4, 0.5) is 0 Å². The van der Waals surface area contributed by atoms with E-state index in [4.69, 9.17) is 0 Å². The van der Waals surface area contributed by atoms with Gasteiger partial charge in [-0.15, -0.1) is 0 Å². The molecule has 1 aromatic heterocycles. The van der Waals surface area contributed by atoms with Crippen molar-refractivity contribution in [2.45, 2.75) is 18.9 Å². The molecule has 2 fully saturated rings. The predicted molar refractivity (Wildman–Crippen MR) is 127 cm³/mol. The molecule has 0 radical (unpaired) electrons. The van der Waals surface area contributed by atoms with E-state index in [-0.39, 0.29) is 11.7 Å². The smallest absolute Gasteiger partial charge is 0.234 e. The van der Waals surface area contributed by atoms with Crippen LogP contribution in [0.5, 0.6) is 0 Å². The van der Waals surface area contributed by atoms with Crippen LogP contribution in [0.2, 0.25) is 0 Å². The maximum atomic E-state index is 13.6. The minimum absolute atomic E-state index is 0.125. The van der Waals surface area contributed by atoms with Crippen molar-refractivity contribution in [2.75, 3.05) is 39.3 Å². The van der Waals surface area contributed by atoms with Crippen LogP contribution >= 0.6 is 0 Å². The molecule has 1 saturated heterocycles. The molecule has 2 heterocycles. The molecule has 5 rings (SSSR count). The van der Waals surface area contributed by atoms with Crippen LogP contribution in [0, 0.1) is 0 Å².